The standard InChI is InChI=1S/C59H41N/c1-5-18-42(19-6-1)44-34-37-51(38-35-44)60(50-26-11-4-12-27-50)57-39-36-47(46-33-32-43-20-13-14-21-45(43)40-46)41-54(57)52-29-17-31-56-58(52)53-28-15-16-30-55(53)59(56,48-22-7-2-8-23-48)49-24-9-3-10-25-49/h1-41H. The van der Waals surface area contributed by atoms with Crippen LogP contribution in [0.15, 0.2) is 249 Å². The Kier molecular flexibility index (Phi) is 8.79. The average molecular weight is 764 g/mol. The molecule has 0 fully saturated rings. The van der Waals surface area contributed by atoms with Gasteiger partial charge in [0.15, 0.2) is 0 Å². The van der Waals surface area contributed by atoms with Crippen molar-refractivity contribution in [1.82, 2.24) is 0 Å². The summed E-state index contributed by atoms with van der Waals surface area (Å²) in [4.78, 5) is 2.43. The number of anilines is 3. The minimum Gasteiger partial charge on any atom is -0.310 e. The molecule has 0 spiro atoms. The van der Waals surface area contributed by atoms with E-state index in [1.165, 1.54) is 77.5 Å². The van der Waals surface area contributed by atoms with Gasteiger partial charge in [-0.25, -0.2) is 0 Å². The van der Waals surface area contributed by atoms with Crippen molar-refractivity contribution in [3.05, 3.63) is 271 Å². The molecule has 0 aromatic heterocycles. The molecule has 0 heterocycles. The molecule has 282 valence electrons. The molecule has 10 aromatic carbocycles. The first-order chi connectivity index (χ1) is 29.8. The lowest BCUT2D eigenvalue weighted by Gasteiger charge is -2.34. The van der Waals surface area contributed by atoms with E-state index >= 15 is 0 Å². The van der Waals surface area contributed by atoms with Crippen molar-refractivity contribution >= 4 is 27.8 Å². The normalized spacial score (nSPS) is 12.5. The van der Waals surface area contributed by atoms with Gasteiger partial charge in [0.05, 0.1) is 11.1 Å². The summed E-state index contributed by atoms with van der Waals surface area (Å²) in [5.74, 6) is 0. The van der Waals surface area contributed by atoms with Gasteiger partial charge in [0.25, 0.3) is 0 Å². The Labute approximate surface area is 352 Å². The molecular formula is C59H41N. The highest BCUT2D eigenvalue weighted by Gasteiger charge is 2.47. The van der Waals surface area contributed by atoms with Gasteiger partial charge in [-0.05, 0) is 114 Å². The fourth-order valence-corrected chi connectivity index (χ4v) is 9.65. The van der Waals surface area contributed by atoms with E-state index in [1.54, 1.807) is 0 Å². The van der Waals surface area contributed by atoms with E-state index in [1.807, 2.05) is 0 Å². The largest absolute Gasteiger partial charge is 0.310 e. The lowest BCUT2D eigenvalue weighted by molar-refractivity contribution is 0.768. The minimum absolute atomic E-state index is 0.507. The third kappa shape index (κ3) is 5.86. The van der Waals surface area contributed by atoms with Crippen molar-refractivity contribution in [3.63, 3.8) is 0 Å². The van der Waals surface area contributed by atoms with Gasteiger partial charge in [-0.2, -0.15) is 0 Å². The van der Waals surface area contributed by atoms with Crippen molar-refractivity contribution in [3.8, 4) is 44.5 Å². The summed E-state index contributed by atoms with van der Waals surface area (Å²) in [5, 5.41) is 2.47. The molecule has 10 aromatic rings. The molecule has 11 rings (SSSR count). The molecule has 0 saturated carbocycles. The molecule has 0 N–H and O–H groups in total. The van der Waals surface area contributed by atoms with Crippen molar-refractivity contribution in [2.24, 2.45) is 0 Å². The van der Waals surface area contributed by atoms with Gasteiger partial charge < -0.3 is 4.90 Å². The number of hydrogen-bond donors (Lipinski definition) is 0. The Morgan fingerprint density at radius 2 is 0.783 bits per heavy atom. The molecular weight excluding hydrogens is 723 g/mol. The molecule has 0 atom stereocenters. The van der Waals surface area contributed by atoms with Gasteiger partial charge in [0.2, 0.25) is 0 Å². The quantitative estimate of drug-likeness (QED) is 0.149. The average Bonchev–Trinajstić information content (AvgIpc) is 3.64. The van der Waals surface area contributed by atoms with E-state index in [4.69, 9.17) is 0 Å². The summed E-state index contributed by atoms with van der Waals surface area (Å²) in [6.45, 7) is 0. The van der Waals surface area contributed by atoms with Crippen LogP contribution < -0.4 is 4.90 Å². The summed E-state index contributed by atoms with van der Waals surface area (Å²) in [5.41, 5.74) is 17.6. The van der Waals surface area contributed by atoms with Crippen LogP contribution in [0.4, 0.5) is 17.1 Å². The van der Waals surface area contributed by atoms with Crippen LogP contribution in [0.5, 0.6) is 0 Å². The maximum Gasteiger partial charge on any atom is 0.0713 e. The predicted octanol–water partition coefficient (Wildman–Crippen LogP) is 15.7. The van der Waals surface area contributed by atoms with Crippen LogP contribution >= 0.6 is 0 Å². The molecule has 0 radical (unpaired) electrons. The SMILES string of the molecule is c1ccc(-c2ccc(N(c3ccccc3)c3ccc(-c4ccc5ccccc5c4)cc3-c3cccc4c3-c3ccccc3C4(c3ccccc3)c3ccccc3)cc2)cc1. The third-order valence-corrected chi connectivity index (χ3v) is 12.3. The van der Waals surface area contributed by atoms with Crippen LogP contribution in [0.1, 0.15) is 22.3 Å². The molecule has 60 heavy (non-hydrogen) atoms. The molecule has 0 unspecified atom stereocenters. The second-order valence-corrected chi connectivity index (χ2v) is 15.6. The lowest BCUT2D eigenvalue weighted by Crippen LogP contribution is -2.28. The number of benzene rings is 10. The van der Waals surface area contributed by atoms with E-state index in [9.17, 15) is 0 Å². The minimum atomic E-state index is -0.507. The second kappa shape index (κ2) is 14.9. The number of hydrogen-bond acceptors (Lipinski definition) is 1. The zero-order valence-electron chi connectivity index (χ0n) is 33.1. The first-order valence-corrected chi connectivity index (χ1v) is 20.8. The lowest BCUT2D eigenvalue weighted by atomic mass is 9.67. The Morgan fingerprint density at radius 1 is 0.283 bits per heavy atom. The molecule has 1 aliphatic rings. The second-order valence-electron chi connectivity index (χ2n) is 15.6. The maximum atomic E-state index is 2.43. The van der Waals surface area contributed by atoms with Gasteiger partial charge in [0.1, 0.15) is 0 Å². The maximum absolute atomic E-state index is 2.43. The molecule has 1 heteroatoms. The number of rotatable bonds is 8. The Hall–Kier alpha value is -7.74. The van der Waals surface area contributed by atoms with E-state index in [-0.39, 0.29) is 0 Å². The molecule has 0 saturated heterocycles. The van der Waals surface area contributed by atoms with Crippen LogP contribution in [0.2, 0.25) is 0 Å². The van der Waals surface area contributed by atoms with E-state index in [0.717, 1.165) is 17.1 Å². The summed E-state index contributed by atoms with van der Waals surface area (Å²) < 4.78 is 0. The van der Waals surface area contributed by atoms with Gasteiger partial charge in [-0.3, -0.25) is 0 Å². The Bertz CT molecular complexity index is 3080. The van der Waals surface area contributed by atoms with Crippen molar-refractivity contribution < 1.29 is 0 Å². The Morgan fingerprint density at radius 3 is 1.50 bits per heavy atom. The van der Waals surface area contributed by atoms with Crippen LogP contribution in [-0.4, -0.2) is 0 Å². The number of nitrogens with zero attached hydrogens (tertiary/aromatic N) is 1. The highest BCUT2D eigenvalue weighted by atomic mass is 15.1. The number of para-hydroxylation sites is 1. The highest BCUT2D eigenvalue weighted by Crippen LogP contribution is 2.59. The van der Waals surface area contributed by atoms with Crippen LogP contribution in [0.3, 0.4) is 0 Å². The molecule has 1 aliphatic carbocycles. The van der Waals surface area contributed by atoms with Gasteiger partial charge in [0, 0.05) is 16.9 Å². The monoisotopic (exact) mass is 763 g/mol. The summed E-state index contributed by atoms with van der Waals surface area (Å²) in [6.07, 6.45) is 0. The zero-order chi connectivity index (χ0) is 39.9. The van der Waals surface area contributed by atoms with Gasteiger partial charge >= 0.3 is 0 Å². The van der Waals surface area contributed by atoms with Crippen LogP contribution in [0, 0.1) is 0 Å². The Balaban J connectivity index is 1.20. The van der Waals surface area contributed by atoms with Crippen molar-refractivity contribution in [2.75, 3.05) is 4.90 Å². The van der Waals surface area contributed by atoms with E-state index in [2.05, 4.69) is 254 Å². The van der Waals surface area contributed by atoms with Crippen LogP contribution in [0.25, 0.3) is 55.3 Å². The smallest absolute Gasteiger partial charge is 0.0713 e. The van der Waals surface area contributed by atoms with E-state index < -0.39 is 5.41 Å². The molecule has 0 aliphatic heterocycles. The highest BCUT2D eigenvalue weighted by molar-refractivity contribution is 6.01. The molecule has 0 bridgehead atoms. The summed E-state index contributed by atoms with van der Waals surface area (Å²) in [6, 6.07) is 91.1. The fraction of sp³-hybridized carbons (Fsp3) is 0.0169. The van der Waals surface area contributed by atoms with Gasteiger partial charge in [-0.15, -0.1) is 0 Å². The van der Waals surface area contributed by atoms with Gasteiger partial charge in [-0.1, -0.05) is 206 Å². The molecule has 0 amide bonds. The molecule has 1 nitrogen and oxygen atoms in total. The first-order valence-electron chi connectivity index (χ1n) is 20.8. The summed E-state index contributed by atoms with van der Waals surface area (Å²) in [7, 11) is 0. The summed E-state index contributed by atoms with van der Waals surface area (Å²) >= 11 is 0. The fourth-order valence-electron chi connectivity index (χ4n) is 9.65. The third-order valence-electron chi connectivity index (χ3n) is 12.3. The predicted molar refractivity (Wildman–Crippen MR) is 252 cm³/mol. The zero-order valence-corrected chi connectivity index (χ0v) is 33.1. The first kappa shape index (κ1) is 35.4. The van der Waals surface area contributed by atoms with E-state index in [0.29, 0.717) is 0 Å². The number of fused-ring (bicyclic) bond motifs is 4. The van der Waals surface area contributed by atoms with Crippen LogP contribution in [-0.2, 0) is 5.41 Å². The van der Waals surface area contributed by atoms with Crippen molar-refractivity contribution in [2.45, 2.75) is 5.41 Å². The topological polar surface area (TPSA) is 3.24 Å². The van der Waals surface area contributed by atoms with Crippen molar-refractivity contribution in [1.29, 1.82) is 0 Å².